The molecule has 0 unspecified atom stereocenters. The van der Waals surface area contributed by atoms with Crippen LogP contribution >= 0.6 is 11.6 Å². The second-order valence-electron chi connectivity index (χ2n) is 5.01. The van der Waals surface area contributed by atoms with Gasteiger partial charge < -0.3 is 10.6 Å². The Morgan fingerprint density at radius 1 is 1.21 bits per heavy atom. The highest BCUT2D eigenvalue weighted by Crippen LogP contribution is 2.36. The topological polar surface area (TPSA) is 54.0 Å². The Kier molecular flexibility index (Phi) is 5.66. The van der Waals surface area contributed by atoms with Crippen molar-refractivity contribution in [2.45, 2.75) is 19.5 Å². The molecule has 2 N–H and O–H groups in total. The van der Waals surface area contributed by atoms with Gasteiger partial charge in [0.2, 0.25) is 0 Å². The fourth-order valence-corrected chi connectivity index (χ4v) is 2.14. The fraction of sp³-hybridized carbons (Fsp3) is 0.250. The predicted molar refractivity (Wildman–Crippen MR) is 87.4 cm³/mol. The molecule has 4 nitrogen and oxygen atoms in total. The molecule has 1 heterocycles. The number of pyridine rings is 1. The summed E-state index contributed by atoms with van der Waals surface area (Å²) in [6, 6.07) is 6.35. The molecule has 0 atom stereocenters. The van der Waals surface area contributed by atoms with Crippen molar-refractivity contribution in [3.8, 4) is 0 Å². The van der Waals surface area contributed by atoms with Gasteiger partial charge in [0.25, 0.3) is 5.91 Å². The summed E-state index contributed by atoms with van der Waals surface area (Å²) in [6.45, 7) is 2.79. The van der Waals surface area contributed by atoms with Gasteiger partial charge >= 0.3 is 6.18 Å². The number of rotatable bonds is 5. The van der Waals surface area contributed by atoms with Gasteiger partial charge in [-0.25, -0.2) is 4.98 Å². The van der Waals surface area contributed by atoms with Gasteiger partial charge in [-0.1, -0.05) is 18.5 Å². The second-order valence-corrected chi connectivity index (χ2v) is 5.41. The third-order valence-electron chi connectivity index (χ3n) is 3.10. The summed E-state index contributed by atoms with van der Waals surface area (Å²) in [7, 11) is 0. The summed E-state index contributed by atoms with van der Waals surface area (Å²) >= 11 is 5.54. The molecule has 8 heteroatoms. The van der Waals surface area contributed by atoms with Crippen LogP contribution in [0, 0.1) is 0 Å². The van der Waals surface area contributed by atoms with Crippen LogP contribution in [0.4, 0.5) is 24.5 Å². The number of carbonyl (C=O) groups excluding carboxylic acids is 1. The molecule has 0 spiro atoms. The van der Waals surface area contributed by atoms with Crippen molar-refractivity contribution in [2.75, 3.05) is 17.2 Å². The van der Waals surface area contributed by atoms with Crippen molar-refractivity contribution in [3.63, 3.8) is 0 Å². The quantitative estimate of drug-likeness (QED) is 0.806. The fourth-order valence-electron chi connectivity index (χ4n) is 1.92. The SMILES string of the molecule is CCCNc1ccc(C(=O)Nc2ccc(Cl)c(C(F)(F)F)c2)nc1. The van der Waals surface area contributed by atoms with Crippen molar-refractivity contribution in [2.24, 2.45) is 0 Å². The maximum absolute atomic E-state index is 12.8. The van der Waals surface area contributed by atoms with E-state index in [1.165, 1.54) is 18.3 Å². The number of carbonyl (C=O) groups is 1. The molecule has 0 radical (unpaired) electrons. The Hall–Kier alpha value is -2.28. The molecule has 0 bridgehead atoms. The number of amides is 1. The van der Waals surface area contributed by atoms with Crippen LogP contribution in [0.25, 0.3) is 0 Å². The van der Waals surface area contributed by atoms with Gasteiger partial charge in [0.15, 0.2) is 0 Å². The number of hydrogen-bond donors (Lipinski definition) is 2. The normalized spacial score (nSPS) is 11.2. The molecule has 2 rings (SSSR count). The zero-order valence-corrected chi connectivity index (χ0v) is 13.5. The minimum atomic E-state index is -4.59. The zero-order chi connectivity index (χ0) is 17.7. The molecule has 0 saturated carbocycles. The minimum Gasteiger partial charge on any atom is -0.384 e. The van der Waals surface area contributed by atoms with Crippen molar-refractivity contribution < 1.29 is 18.0 Å². The number of benzene rings is 1. The van der Waals surface area contributed by atoms with E-state index in [4.69, 9.17) is 11.6 Å². The lowest BCUT2D eigenvalue weighted by Crippen LogP contribution is -2.15. The van der Waals surface area contributed by atoms with E-state index >= 15 is 0 Å². The first-order chi connectivity index (χ1) is 11.3. The highest BCUT2D eigenvalue weighted by molar-refractivity contribution is 6.31. The molecule has 128 valence electrons. The standard InChI is InChI=1S/C16H15ClF3N3O/c1-2-7-21-11-4-6-14(22-9-11)15(24)23-10-3-5-13(17)12(8-10)16(18,19)20/h3-6,8-9,21H,2,7H2,1H3,(H,23,24). The summed E-state index contributed by atoms with van der Waals surface area (Å²) in [5.41, 5.74) is -0.152. The first kappa shape index (κ1) is 18.1. The summed E-state index contributed by atoms with van der Waals surface area (Å²) in [5, 5.41) is 5.06. The molecule has 24 heavy (non-hydrogen) atoms. The van der Waals surface area contributed by atoms with Gasteiger partial charge in [0.05, 0.1) is 22.5 Å². The van der Waals surface area contributed by atoms with Gasteiger partial charge in [-0.3, -0.25) is 4.79 Å². The number of halogens is 4. The van der Waals surface area contributed by atoms with E-state index in [0.29, 0.717) is 0 Å². The van der Waals surface area contributed by atoms with Crippen LogP contribution in [0.2, 0.25) is 5.02 Å². The third kappa shape index (κ3) is 4.61. The molecule has 0 saturated heterocycles. The van der Waals surface area contributed by atoms with E-state index in [-0.39, 0.29) is 11.4 Å². The average molecular weight is 358 g/mol. The molecule has 0 fully saturated rings. The number of anilines is 2. The first-order valence-electron chi connectivity index (χ1n) is 7.19. The van der Waals surface area contributed by atoms with Gasteiger partial charge in [-0.15, -0.1) is 0 Å². The molecule has 2 aromatic rings. The van der Waals surface area contributed by atoms with E-state index < -0.39 is 22.7 Å². The molecule has 0 aliphatic rings. The van der Waals surface area contributed by atoms with Gasteiger partial charge in [-0.2, -0.15) is 13.2 Å². The molecular weight excluding hydrogens is 343 g/mol. The van der Waals surface area contributed by atoms with Crippen LogP contribution in [0.5, 0.6) is 0 Å². The Morgan fingerprint density at radius 2 is 1.92 bits per heavy atom. The Morgan fingerprint density at radius 3 is 2.50 bits per heavy atom. The molecule has 0 aliphatic heterocycles. The first-order valence-corrected chi connectivity index (χ1v) is 7.57. The lowest BCUT2D eigenvalue weighted by atomic mass is 10.2. The molecule has 1 aromatic heterocycles. The Balaban J connectivity index is 2.12. The lowest BCUT2D eigenvalue weighted by molar-refractivity contribution is -0.137. The van der Waals surface area contributed by atoms with E-state index in [1.807, 2.05) is 6.92 Å². The minimum absolute atomic E-state index is 0.00768. The molecular formula is C16H15ClF3N3O. The molecule has 0 aliphatic carbocycles. The van der Waals surface area contributed by atoms with Gasteiger partial charge in [0, 0.05) is 12.2 Å². The number of nitrogens with one attached hydrogen (secondary N) is 2. The average Bonchev–Trinajstić information content (AvgIpc) is 2.54. The van der Waals surface area contributed by atoms with Crippen molar-refractivity contribution >= 4 is 28.9 Å². The highest BCUT2D eigenvalue weighted by Gasteiger charge is 2.33. The second kappa shape index (κ2) is 7.53. The summed E-state index contributed by atoms with van der Waals surface area (Å²) < 4.78 is 38.5. The van der Waals surface area contributed by atoms with Gasteiger partial charge in [0.1, 0.15) is 5.69 Å². The van der Waals surface area contributed by atoms with Crippen molar-refractivity contribution in [1.82, 2.24) is 4.98 Å². The maximum atomic E-state index is 12.8. The summed E-state index contributed by atoms with van der Waals surface area (Å²) in [5.74, 6) is -0.604. The van der Waals surface area contributed by atoms with Crippen LogP contribution in [0.3, 0.4) is 0 Å². The van der Waals surface area contributed by atoms with Gasteiger partial charge in [-0.05, 0) is 36.8 Å². The van der Waals surface area contributed by atoms with E-state index in [1.54, 1.807) is 6.07 Å². The van der Waals surface area contributed by atoms with Crippen LogP contribution in [0.1, 0.15) is 29.4 Å². The number of hydrogen-bond acceptors (Lipinski definition) is 3. The predicted octanol–water partition coefficient (Wildman–Crippen LogP) is 4.83. The molecule has 1 aromatic carbocycles. The third-order valence-corrected chi connectivity index (χ3v) is 3.43. The van der Waals surface area contributed by atoms with E-state index in [9.17, 15) is 18.0 Å². The van der Waals surface area contributed by atoms with Crippen LogP contribution in [-0.2, 0) is 6.18 Å². The summed E-state index contributed by atoms with van der Waals surface area (Å²) in [4.78, 5) is 16.1. The van der Waals surface area contributed by atoms with Crippen LogP contribution < -0.4 is 10.6 Å². The Labute approximate surface area is 142 Å². The maximum Gasteiger partial charge on any atom is 0.417 e. The number of alkyl halides is 3. The smallest absolute Gasteiger partial charge is 0.384 e. The van der Waals surface area contributed by atoms with Crippen LogP contribution in [0.15, 0.2) is 36.5 Å². The molecule has 1 amide bonds. The number of nitrogens with zero attached hydrogens (tertiary/aromatic N) is 1. The van der Waals surface area contributed by atoms with Crippen molar-refractivity contribution in [1.29, 1.82) is 0 Å². The van der Waals surface area contributed by atoms with Crippen LogP contribution in [-0.4, -0.2) is 17.4 Å². The largest absolute Gasteiger partial charge is 0.417 e. The van der Waals surface area contributed by atoms with Crippen molar-refractivity contribution in [3.05, 3.63) is 52.8 Å². The van der Waals surface area contributed by atoms with E-state index in [0.717, 1.165) is 30.8 Å². The van der Waals surface area contributed by atoms with E-state index in [2.05, 4.69) is 15.6 Å². The monoisotopic (exact) mass is 357 g/mol. The summed E-state index contributed by atoms with van der Waals surface area (Å²) in [6.07, 6.45) is -2.16. The Bertz CT molecular complexity index is 717. The lowest BCUT2D eigenvalue weighted by Gasteiger charge is -2.12. The highest BCUT2D eigenvalue weighted by atomic mass is 35.5. The number of aromatic nitrogens is 1. The zero-order valence-electron chi connectivity index (χ0n) is 12.7.